The summed E-state index contributed by atoms with van der Waals surface area (Å²) in [6.07, 6.45) is -1.68. The first-order valence-corrected chi connectivity index (χ1v) is 8.73. The van der Waals surface area contributed by atoms with Crippen LogP contribution in [0.3, 0.4) is 0 Å². The normalized spacial score (nSPS) is 15.1. The summed E-state index contributed by atoms with van der Waals surface area (Å²) in [5.74, 6) is -1.62. The lowest BCUT2D eigenvalue weighted by molar-refractivity contribution is 0.0600. The number of benzene rings is 1. The fourth-order valence-electron chi connectivity index (χ4n) is 3.00. The summed E-state index contributed by atoms with van der Waals surface area (Å²) in [6.45, 7) is 2.92. The van der Waals surface area contributed by atoms with Gasteiger partial charge in [0.15, 0.2) is 5.76 Å². The summed E-state index contributed by atoms with van der Waals surface area (Å²) in [4.78, 5) is 26.9. The van der Waals surface area contributed by atoms with Gasteiger partial charge >= 0.3 is 5.97 Å². The lowest BCUT2D eigenvalue weighted by Crippen LogP contribution is -2.52. The Morgan fingerprint density at radius 3 is 2.41 bits per heavy atom. The number of halogens is 3. The van der Waals surface area contributed by atoms with Crippen molar-refractivity contribution < 1.29 is 27.5 Å². The molecule has 1 aromatic heterocycles. The minimum atomic E-state index is -2.82. The van der Waals surface area contributed by atoms with Crippen molar-refractivity contribution in [2.24, 2.45) is 0 Å². The minimum Gasteiger partial charge on any atom is -0.465 e. The van der Waals surface area contributed by atoms with Crippen molar-refractivity contribution >= 4 is 24.3 Å². The lowest BCUT2D eigenvalue weighted by atomic mass is 9.99. The van der Waals surface area contributed by atoms with Gasteiger partial charge in [0.05, 0.1) is 18.9 Å². The first kappa shape index (κ1) is 22.8. The number of amides is 1. The van der Waals surface area contributed by atoms with Crippen LogP contribution in [0, 0.1) is 0 Å². The number of carbonyl (C=O) groups excluding carboxylic acids is 2. The van der Waals surface area contributed by atoms with Crippen molar-refractivity contribution in [3.8, 4) is 11.1 Å². The van der Waals surface area contributed by atoms with Crippen molar-refractivity contribution in [2.45, 2.75) is 6.43 Å². The zero-order chi connectivity index (χ0) is 20.3. The molecular weight excluding hydrogens is 408 g/mol. The molecule has 7 nitrogen and oxygen atoms in total. The number of hydrogen-bond donors (Lipinski definition) is 1. The van der Waals surface area contributed by atoms with Crippen molar-refractivity contribution in [2.75, 3.05) is 40.3 Å². The summed E-state index contributed by atoms with van der Waals surface area (Å²) in [5.41, 5.74) is 3.44. The minimum absolute atomic E-state index is 0. The molecule has 29 heavy (non-hydrogen) atoms. The number of furan rings is 1. The average Bonchev–Trinajstić information content (AvgIpc) is 3.19. The molecule has 1 aliphatic rings. The van der Waals surface area contributed by atoms with Gasteiger partial charge in [-0.15, -0.1) is 12.4 Å². The van der Waals surface area contributed by atoms with E-state index in [-0.39, 0.29) is 34.7 Å². The summed E-state index contributed by atoms with van der Waals surface area (Å²) in [5, 5.41) is 1.79. The molecule has 0 atom stereocenters. The first-order chi connectivity index (χ1) is 13.4. The third-order valence-corrected chi connectivity index (χ3v) is 4.58. The van der Waals surface area contributed by atoms with Crippen LogP contribution in [0.2, 0.25) is 0 Å². The van der Waals surface area contributed by atoms with Crippen LogP contribution in [-0.2, 0) is 4.74 Å². The van der Waals surface area contributed by atoms with Crippen LogP contribution in [0.4, 0.5) is 8.78 Å². The van der Waals surface area contributed by atoms with Crippen molar-refractivity contribution in [1.82, 2.24) is 15.3 Å². The number of carbonyl (C=O) groups is 2. The topological polar surface area (TPSA) is 75.0 Å². The molecule has 1 N–H and O–H groups in total. The van der Waals surface area contributed by atoms with E-state index in [2.05, 4.69) is 10.3 Å². The molecule has 10 heteroatoms. The standard InChI is InChI=1S/C19H21F2N3O4.ClH/c1-23-4-6-24(7-5-23)22-18(25)13-9-12(10-14(11-13)19(26)27-2)15-3-8-28-16(15)17(20)21;/h3,8-11,17H,4-7H2,1-2H3,(H,22,25);1H. The predicted molar refractivity (Wildman–Crippen MR) is 104 cm³/mol. The molecule has 0 saturated carbocycles. The maximum Gasteiger partial charge on any atom is 0.337 e. The fraction of sp³-hybridized carbons (Fsp3) is 0.368. The number of esters is 1. The molecule has 3 rings (SSSR count). The Balaban J connectivity index is 0.00000300. The first-order valence-electron chi connectivity index (χ1n) is 8.73. The van der Waals surface area contributed by atoms with Crippen molar-refractivity contribution in [3.63, 3.8) is 0 Å². The molecular formula is C19H22ClF2N3O4. The number of piperazine rings is 1. The molecule has 0 radical (unpaired) electrons. The summed E-state index contributed by atoms with van der Waals surface area (Å²) in [6, 6.07) is 5.60. The Morgan fingerprint density at radius 2 is 1.79 bits per heavy atom. The summed E-state index contributed by atoms with van der Waals surface area (Å²) >= 11 is 0. The van der Waals surface area contributed by atoms with Gasteiger partial charge in [-0.25, -0.2) is 18.6 Å². The van der Waals surface area contributed by atoms with E-state index in [1.807, 2.05) is 7.05 Å². The van der Waals surface area contributed by atoms with Crippen molar-refractivity contribution in [1.29, 1.82) is 0 Å². The van der Waals surface area contributed by atoms with Crippen LogP contribution in [-0.4, -0.2) is 62.1 Å². The molecule has 1 amide bonds. The van der Waals surface area contributed by atoms with Gasteiger partial charge in [-0.3, -0.25) is 10.2 Å². The van der Waals surface area contributed by atoms with Crippen LogP contribution in [0.5, 0.6) is 0 Å². The van der Waals surface area contributed by atoms with Gasteiger partial charge < -0.3 is 14.1 Å². The Morgan fingerprint density at radius 1 is 1.14 bits per heavy atom. The molecule has 0 bridgehead atoms. The number of nitrogens with one attached hydrogen (secondary N) is 1. The Labute approximate surface area is 173 Å². The number of hydrazine groups is 1. The number of ether oxygens (including phenoxy) is 1. The highest BCUT2D eigenvalue weighted by atomic mass is 35.5. The van der Waals surface area contributed by atoms with E-state index < -0.39 is 24.1 Å². The number of hydrogen-bond acceptors (Lipinski definition) is 6. The Kier molecular flexibility index (Phi) is 7.72. The van der Waals surface area contributed by atoms with E-state index in [0.29, 0.717) is 13.1 Å². The highest BCUT2D eigenvalue weighted by molar-refractivity contribution is 5.99. The number of rotatable bonds is 5. The number of nitrogens with zero attached hydrogens (tertiary/aromatic N) is 2. The second-order valence-electron chi connectivity index (χ2n) is 6.52. The molecule has 1 aliphatic heterocycles. The maximum absolute atomic E-state index is 13.2. The maximum atomic E-state index is 13.2. The fourth-order valence-corrected chi connectivity index (χ4v) is 3.00. The van der Waals surface area contributed by atoms with Gasteiger partial charge in [-0.1, -0.05) is 0 Å². The van der Waals surface area contributed by atoms with E-state index in [9.17, 15) is 18.4 Å². The number of alkyl halides is 2. The smallest absolute Gasteiger partial charge is 0.337 e. The molecule has 0 aliphatic carbocycles. The van der Waals surface area contributed by atoms with Gasteiger partial charge in [-0.2, -0.15) is 0 Å². The van der Waals surface area contributed by atoms with Crippen LogP contribution in [0.1, 0.15) is 32.9 Å². The molecule has 1 saturated heterocycles. The summed E-state index contributed by atoms with van der Waals surface area (Å²) < 4.78 is 36.0. The molecule has 158 valence electrons. The van der Waals surface area contributed by atoms with E-state index in [1.165, 1.54) is 31.4 Å². The van der Waals surface area contributed by atoms with Crippen LogP contribution in [0.15, 0.2) is 34.9 Å². The monoisotopic (exact) mass is 429 g/mol. The quantitative estimate of drug-likeness (QED) is 0.736. The van der Waals surface area contributed by atoms with Crippen LogP contribution in [0.25, 0.3) is 11.1 Å². The largest absolute Gasteiger partial charge is 0.465 e. The lowest BCUT2D eigenvalue weighted by Gasteiger charge is -2.32. The molecule has 2 heterocycles. The van der Waals surface area contributed by atoms with E-state index in [0.717, 1.165) is 19.4 Å². The van der Waals surface area contributed by atoms with Crippen LogP contribution >= 0.6 is 12.4 Å². The second-order valence-corrected chi connectivity index (χ2v) is 6.52. The number of likely N-dealkylation sites (N-methyl/N-ethyl adjacent to an activating group) is 1. The van der Waals surface area contributed by atoms with E-state index in [1.54, 1.807) is 5.01 Å². The van der Waals surface area contributed by atoms with Gasteiger partial charge in [-0.05, 0) is 36.9 Å². The SMILES string of the molecule is COC(=O)c1cc(C(=O)NN2CCN(C)CC2)cc(-c2ccoc2C(F)F)c1.Cl. The zero-order valence-corrected chi connectivity index (χ0v) is 16.8. The number of methoxy groups -OCH3 is 1. The average molecular weight is 430 g/mol. The van der Waals surface area contributed by atoms with Gasteiger partial charge in [0, 0.05) is 37.3 Å². The van der Waals surface area contributed by atoms with Gasteiger partial charge in [0.1, 0.15) is 0 Å². The zero-order valence-electron chi connectivity index (χ0n) is 16.0. The Hall–Kier alpha value is -2.49. The third kappa shape index (κ3) is 5.31. The van der Waals surface area contributed by atoms with Gasteiger partial charge in [0.2, 0.25) is 0 Å². The Bertz CT molecular complexity index is 867. The highest BCUT2D eigenvalue weighted by Gasteiger charge is 2.22. The highest BCUT2D eigenvalue weighted by Crippen LogP contribution is 2.33. The predicted octanol–water partition coefficient (Wildman–Crippen LogP) is 2.98. The van der Waals surface area contributed by atoms with E-state index in [4.69, 9.17) is 9.15 Å². The van der Waals surface area contributed by atoms with E-state index >= 15 is 0 Å². The van der Waals surface area contributed by atoms with Crippen molar-refractivity contribution in [3.05, 3.63) is 47.4 Å². The molecule has 1 aromatic carbocycles. The van der Waals surface area contributed by atoms with Gasteiger partial charge in [0.25, 0.3) is 12.3 Å². The molecule has 1 fully saturated rings. The van der Waals surface area contributed by atoms with Crippen LogP contribution < -0.4 is 5.43 Å². The molecule has 2 aromatic rings. The third-order valence-electron chi connectivity index (χ3n) is 4.58. The molecule has 0 unspecified atom stereocenters. The molecule has 0 spiro atoms. The second kappa shape index (κ2) is 9.82. The summed E-state index contributed by atoms with van der Waals surface area (Å²) in [7, 11) is 3.21.